The highest BCUT2D eigenvalue weighted by molar-refractivity contribution is 5.76. The average Bonchev–Trinajstić information content (AvgIpc) is 3.58. The van der Waals surface area contributed by atoms with Crippen LogP contribution >= 0.6 is 0 Å². The smallest absolute Gasteiger partial charge is 0.319 e. The van der Waals surface area contributed by atoms with Crippen LogP contribution in [0.2, 0.25) is 0 Å². The molecule has 0 spiro atoms. The number of urea groups is 1. The van der Waals surface area contributed by atoms with Crippen LogP contribution < -0.4 is 0 Å². The van der Waals surface area contributed by atoms with Crippen LogP contribution in [0.5, 0.6) is 0 Å². The molecule has 4 nitrogen and oxygen atoms in total. The minimum atomic E-state index is -0.281. The van der Waals surface area contributed by atoms with E-state index < -0.39 is 0 Å². The maximum Gasteiger partial charge on any atom is 0.347 e. The van der Waals surface area contributed by atoms with Crippen molar-refractivity contribution in [3.63, 3.8) is 0 Å². The lowest BCUT2D eigenvalue weighted by molar-refractivity contribution is 0.122. The zero-order valence-corrected chi connectivity index (χ0v) is 16.4. The summed E-state index contributed by atoms with van der Waals surface area (Å²) in [7, 11) is 0. The summed E-state index contributed by atoms with van der Waals surface area (Å²) >= 11 is 0. The molecule has 5 rings (SSSR count). The summed E-state index contributed by atoms with van der Waals surface area (Å²) in [6, 6.07) is 28.9. The fraction of sp³-hybridized carbons (Fsp3) is 0.240. The van der Waals surface area contributed by atoms with Crippen LogP contribution in [0.15, 0.2) is 84.9 Å². The Balaban J connectivity index is 1.46. The van der Waals surface area contributed by atoms with E-state index in [-0.39, 0.29) is 24.2 Å². The molecule has 1 saturated heterocycles. The zero-order valence-electron chi connectivity index (χ0n) is 16.4. The normalized spacial score (nSPS) is 23.3. The zero-order chi connectivity index (χ0) is 19.8. The number of carbonyl (C=O) groups excluding carboxylic acids is 1. The third-order valence-electron chi connectivity index (χ3n) is 6.04. The number of hydroxylamine groups is 2. The number of carbonyl (C=O) groups is 1. The molecule has 2 aliphatic rings. The van der Waals surface area contributed by atoms with Crippen molar-refractivity contribution in [2.24, 2.45) is 0 Å². The number of nitrogens with zero attached hydrogens (tertiary/aromatic N) is 2. The Kier molecular flexibility index (Phi) is 4.57. The van der Waals surface area contributed by atoms with E-state index in [0.717, 1.165) is 12.0 Å². The van der Waals surface area contributed by atoms with E-state index in [1.807, 2.05) is 41.3 Å². The van der Waals surface area contributed by atoms with Gasteiger partial charge in [-0.3, -0.25) is 0 Å². The van der Waals surface area contributed by atoms with Gasteiger partial charge in [0, 0.05) is 24.1 Å². The lowest BCUT2D eigenvalue weighted by Gasteiger charge is -2.33. The molecule has 4 heteroatoms. The third kappa shape index (κ3) is 3.30. The van der Waals surface area contributed by atoms with Crippen molar-refractivity contribution in [3.05, 3.63) is 107 Å². The predicted octanol–water partition coefficient (Wildman–Crippen LogP) is 5.13. The second-order valence-corrected chi connectivity index (χ2v) is 7.75. The van der Waals surface area contributed by atoms with E-state index in [4.69, 9.17) is 4.84 Å². The fourth-order valence-corrected chi connectivity index (χ4v) is 4.50. The Morgan fingerprint density at radius 2 is 1.48 bits per heavy atom. The van der Waals surface area contributed by atoms with Gasteiger partial charge in [-0.15, -0.1) is 0 Å². The van der Waals surface area contributed by atoms with Crippen LogP contribution in [0, 0.1) is 0 Å². The van der Waals surface area contributed by atoms with Gasteiger partial charge in [0.25, 0.3) is 0 Å². The van der Waals surface area contributed by atoms with Crippen molar-refractivity contribution >= 4 is 6.03 Å². The Morgan fingerprint density at radius 1 is 0.862 bits per heavy atom. The Bertz CT molecular complexity index is 1010. The summed E-state index contributed by atoms with van der Waals surface area (Å²) in [5, 5.41) is 1.50. The second-order valence-electron chi connectivity index (χ2n) is 7.75. The maximum absolute atomic E-state index is 13.4. The van der Waals surface area contributed by atoms with Crippen LogP contribution in [-0.2, 0) is 11.3 Å². The SMILES string of the molecule is CC1C(c2ccccc2)c2ccccc2CCN1C(=O)N1OC1c1ccccc1. The Labute approximate surface area is 171 Å². The lowest BCUT2D eigenvalue weighted by Crippen LogP contribution is -2.44. The van der Waals surface area contributed by atoms with Gasteiger partial charge in [0.2, 0.25) is 6.23 Å². The molecule has 3 aromatic rings. The topological polar surface area (TPSA) is 35.9 Å². The summed E-state index contributed by atoms with van der Waals surface area (Å²) in [6.45, 7) is 2.83. The van der Waals surface area contributed by atoms with Crippen LogP contribution in [-0.4, -0.2) is 28.6 Å². The summed E-state index contributed by atoms with van der Waals surface area (Å²) in [4.78, 5) is 21.0. The van der Waals surface area contributed by atoms with Crippen molar-refractivity contribution in [3.8, 4) is 0 Å². The summed E-state index contributed by atoms with van der Waals surface area (Å²) in [6.07, 6.45) is 0.566. The first-order valence-electron chi connectivity index (χ1n) is 10.2. The largest absolute Gasteiger partial charge is 0.347 e. The minimum absolute atomic E-state index is 0.0224. The van der Waals surface area contributed by atoms with Crippen molar-refractivity contribution in [2.45, 2.75) is 31.5 Å². The molecule has 2 aliphatic heterocycles. The van der Waals surface area contributed by atoms with Crippen LogP contribution in [0.1, 0.15) is 41.3 Å². The number of hydrogen-bond acceptors (Lipinski definition) is 2. The van der Waals surface area contributed by atoms with E-state index >= 15 is 0 Å². The molecule has 2 heterocycles. The quantitative estimate of drug-likeness (QED) is 0.574. The number of benzene rings is 3. The molecule has 146 valence electrons. The number of rotatable bonds is 2. The molecule has 0 saturated carbocycles. The van der Waals surface area contributed by atoms with Gasteiger partial charge in [-0.2, -0.15) is 5.06 Å². The van der Waals surface area contributed by atoms with Crippen LogP contribution in [0.3, 0.4) is 0 Å². The standard InChI is InChI=1S/C25H24N2O2/c1-18-23(20-11-4-2-5-12-20)22-15-9-8-10-19(22)16-17-26(18)25(28)27-24(29-27)21-13-6-3-7-14-21/h2-15,18,23-24H,16-17H2,1H3. The Morgan fingerprint density at radius 3 is 2.21 bits per heavy atom. The molecular formula is C25H24N2O2. The van der Waals surface area contributed by atoms with E-state index in [2.05, 4.69) is 55.5 Å². The van der Waals surface area contributed by atoms with Gasteiger partial charge in [0.05, 0.1) is 0 Å². The fourth-order valence-electron chi connectivity index (χ4n) is 4.50. The van der Waals surface area contributed by atoms with Crippen LogP contribution in [0.4, 0.5) is 4.79 Å². The number of hydrogen-bond donors (Lipinski definition) is 0. The van der Waals surface area contributed by atoms with Crippen LogP contribution in [0.25, 0.3) is 0 Å². The molecule has 3 unspecified atom stereocenters. The summed E-state index contributed by atoms with van der Waals surface area (Å²) in [5.74, 6) is 0.133. The van der Waals surface area contributed by atoms with E-state index in [1.165, 1.54) is 21.8 Å². The molecule has 3 aromatic carbocycles. The van der Waals surface area contributed by atoms with Gasteiger partial charge < -0.3 is 4.90 Å². The van der Waals surface area contributed by atoms with Crippen molar-refractivity contribution in [1.29, 1.82) is 0 Å². The average molecular weight is 384 g/mol. The molecular weight excluding hydrogens is 360 g/mol. The number of amides is 2. The van der Waals surface area contributed by atoms with E-state index in [9.17, 15) is 4.79 Å². The van der Waals surface area contributed by atoms with Gasteiger partial charge in [-0.05, 0) is 30.0 Å². The minimum Gasteiger partial charge on any atom is -0.319 e. The van der Waals surface area contributed by atoms with Gasteiger partial charge in [-0.1, -0.05) is 84.9 Å². The van der Waals surface area contributed by atoms with Gasteiger partial charge in [-0.25, -0.2) is 9.63 Å². The first kappa shape index (κ1) is 18.0. The number of fused-ring (bicyclic) bond motifs is 1. The molecule has 2 amide bonds. The molecule has 0 radical (unpaired) electrons. The molecule has 1 fully saturated rings. The molecule has 0 N–H and O–H groups in total. The molecule has 0 bridgehead atoms. The van der Waals surface area contributed by atoms with E-state index in [1.54, 1.807) is 0 Å². The van der Waals surface area contributed by atoms with Gasteiger partial charge in [0.15, 0.2) is 0 Å². The summed E-state index contributed by atoms with van der Waals surface area (Å²) < 4.78 is 0. The highest BCUT2D eigenvalue weighted by atomic mass is 16.8. The molecule has 29 heavy (non-hydrogen) atoms. The molecule has 0 aromatic heterocycles. The first-order chi connectivity index (χ1) is 14.2. The van der Waals surface area contributed by atoms with E-state index in [0.29, 0.717) is 6.54 Å². The highest BCUT2D eigenvalue weighted by Gasteiger charge is 2.47. The third-order valence-corrected chi connectivity index (χ3v) is 6.04. The monoisotopic (exact) mass is 384 g/mol. The van der Waals surface area contributed by atoms with Crippen molar-refractivity contribution in [2.75, 3.05) is 6.54 Å². The predicted molar refractivity (Wildman–Crippen MR) is 112 cm³/mol. The molecule has 0 aliphatic carbocycles. The van der Waals surface area contributed by atoms with Gasteiger partial charge >= 0.3 is 6.03 Å². The maximum atomic E-state index is 13.4. The second kappa shape index (κ2) is 7.37. The highest BCUT2D eigenvalue weighted by Crippen LogP contribution is 2.41. The summed E-state index contributed by atoms with van der Waals surface area (Å²) in [5.41, 5.74) is 4.87. The molecule has 3 atom stereocenters. The Hall–Kier alpha value is -3.11. The van der Waals surface area contributed by atoms with Crippen molar-refractivity contribution in [1.82, 2.24) is 9.96 Å². The first-order valence-corrected chi connectivity index (χ1v) is 10.2. The lowest BCUT2D eigenvalue weighted by atomic mass is 9.83. The van der Waals surface area contributed by atoms with Crippen molar-refractivity contribution < 1.29 is 9.63 Å². The van der Waals surface area contributed by atoms with Gasteiger partial charge in [0.1, 0.15) is 0 Å².